The Hall–Kier alpha value is -1.77. The summed E-state index contributed by atoms with van der Waals surface area (Å²) >= 11 is 0. The number of rotatable bonds is 29. The van der Waals surface area contributed by atoms with E-state index in [0.29, 0.717) is 6.42 Å². The lowest BCUT2D eigenvalue weighted by Crippen LogP contribution is -2.27. The van der Waals surface area contributed by atoms with Crippen LogP contribution in [0.5, 0.6) is 0 Å². The highest BCUT2D eigenvalue weighted by Crippen LogP contribution is 2.42. The molecule has 0 radical (unpaired) electrons. The Labute approximate surface area is 254 Å². The van der Waals surface area contributed by atoms with Crippen LogP contribution in [0.4, 0.5) is 0 Å². The number of allylic oxidation sites excluding steroid dienone is 6. The molecule has 0 aliphatic rings. The zero-order valence-corrected chi connectivity index (χ0v) is 27.1. The van der Waals surface area contributed by atoms with Gasteiger partial charge < -0.3 is 20.1 Å². The molecule has 0 fully saturated rings. The number of aliphatic hydroxyl groups is 1. The quantitative estimate of drug-likeness (QED) is 0.0342. The van der Waals surface area contributed by atoms with Crippen LogP contribution in [0, 0.1) is 0 Å². The normalized spacial score (nSPS) is 14.1. The minimum Gasteiger partial charge on any atom is -0.463 e. The van der Waals surface area contributed by atoms with Crippen molar-refractivity contribution in [3.8, 4) is 0 Å². The number of nitrogens with one attached hydrogen (secondary N) is 1. The summed E-state index contributed by atoms with van der Waals surface area (Å²) in [5.41, 5.74) is 0. The first-order chi connectivity index (χ1) is 20.3. The van der Waals surface area contributed by atoms with Crippen molar-refractivity contribution in [2.45, 2.75) is 129 Å². The highest BCUT2D eigenvalue weighted by molar-refractivity contribution is 7.47. The summed E-state index contributed by atoms with van der Waals surface area (Å²) in [4.78, 5) is 32.6. The maximum absolute atomic E-state index is 11.9. The summed E-state index contributed by atoms with van der Waals surface area (Å²) in [6.07, 6.45) is 30.3. The van der Waals surface area contributed by atoms with Gasteiger partial charge in [-0.1, -0.05) is 102 Å². The van der Waals surface area contributed by atoms with Crippen LogP contribution in [0.15, 0.2) is 36.5 Å². The Kier molecular flexibility index (Phi) is 28.1. The van der Waals surface area contributed by atoms with Gasteiger partial charge in [0.05, 0.1) is 13.2 Å². The molecule has 0 rings (SSSR count). The molecule has 2 atom stereocenters. The number of phosphoric acid groups is 1. The minimum atomic E-state index is -4.38. The van der Waals surface area contributed by atoms with E-state index in [9.17, 15) is 24.2 Å². The fourth-order valence-electron chi connectivity index (χ4n) is 3.89. The van der Waals surface area contributed by atoms with Gasteiger partial charge in [0.1, 0.15) is 12.7 Å². The number of phosphoric ester groups is 1. The summed E-state index contributed by atoms with van der Waals surface area (Å²) in [5, 5.41) is 12.3. The average Bonchev–Trinajstić information content (AvgIpc) is 2.97. The van der Waals surface area contributed by atoms with Crippen LogP contribution in [-0.4, -0.2) is 54.3 Å². The molecule has 244 valence electrons. The lowest BCUT2D eigenvalue weighted by molar-refractivity contribution is -0.146. The van der Waals surface area contributed by atoms with Gasteiger partial charge in [-0.05, 0) is 44.9 Å². The van der Waals surface area contributed by atoms with Crippen molar-refractivity contribution in [1.82, 2.24) is 5.32 Å². The highest BCUT2D eigenvalue weighted by Gasteiger charge is 2.23. The first kappa shape index (κ1) is 40.2. The molecule has 3 N–H and O–H groups in total. The largest absolute Gasteiger partial charge is 0.472 e. The number of hydrogen-bond acceptors (Lipinski definition) is 7. The van der Waals surface area contributed by atoms with E-state index >= 15 is 0 Å². The van der Waals surface area contributed by atoms with Crippen LogP contribution in [0.1, 0.15) is 123 Å². The zero-order chi connectivity index (χ0) is 31.2. The summed E-state index contributed by atoms with van der Waals surface area (Å²) in [7, 11) is -4.38. The number of amides is 1. The number of hydrogen-bond donors (Lipinski definition) is 3. The second-order valence-corrected chi connectivity index (χ2v) is 11.8. The molecule has 0 aromatic heterocycles. The highest BCUT2D eigenvalue weighted by atomic mass is 31.2. The summed E-state index contributed by atoms with van der Waals surface area (Å²) in [5.74, 6) is -0.618. The molecule has 10 heteroatoms. The lowest BCUT2D eigenvalue weighted by Gasteiger charge is -2.15. The average molecular weight is 616 g/mol. The molecule has 42 heavy (non-hydrogen) atoms. The van der Waals surface area contributed by atoms with Crippen molar-refractivity contribution in [1.29, 1.82) is 0 Å². The van der Waals surface area contributed by atoms with E-state index < -0.39 is 26.5 Å². The Morgan fingerprint density at radius 1 is 0.762 bits per heavy atom. The van der Waals surface area contributed by atoms with Gasteiger partial charge in [0, 0.05) is 19.4 Å². The SMILES string of the molecule is CCCCC/C=C\C/C=C\C/C=C\CCCCCCCCCCC(=O)NCCOP(=O)(O)OCC(O)COC(=O)CC. The number of aliphatic hydroxyl groups excluding tert-OH is 1. The Bertz CT molecular complexity index is 799. The monoisotopic (exact) mass is 615 g/mol. The molecular formula is C32H58NO8P. The van der Waals surface area contributed by atoms with Crippen LogP contribution >= 0.6 is 7.82 Å². The maximum atomic E-state index is 11.9. The lowest BCUT2D eigenvalue weighted by atomic mass is 10.1. The molecule has 0 aliphatic carbocycles. The van der Waals surface area contributed by atoms with Gasteiger partial charge in [-0.2, -0.15) is 0 Å². The second-order valence-electron chi connectivity index (χ2n) is 10.4. The first-order valence-electron chi connectivity index (χ1n) is 16.0. The van der Waals surface area contributed by atoms with Crippen LogP contribution in [-0.2, 0) is 27.9 Å². The van der Waals surface area contributed by atoms with Crippen LogP contribution in [0.3, 0.4) is 0 Å². The number of esters is 1. The second kappa shape index (κ2) is 29.3. The van der Waals surface area contributed by atoms with Crippen LogP contribution in [0.2, 0.25) is 0 Å². The first-order valence-corrected chi connectivity index (χ1v) is 17.5. The third-order valence-corrected chi connectivity index (χ3v) is 7.36. The Balaban J connectivity index is 3.53. The Morgan fingerprint density at radius 3 is 1.90 bits per heavy atom. The van der Waals surface area contributed by atoms with E-state index in [0.717, 1.165) is 38.5 Å². The fraction of sp³-hybridized carbons (Fsp3) is 0.750. The molecule has 2 unspecified atom stereocenters. The minimum absolute atomic E-state index is 0.0755. The molecule has 0 aromatic rings. The van der Waals surface area contributed by atoms with Crippen molar-refractivity contribution in [3.05, 3.63) is 36.5 Å². The number of unbranched alkanes of at least 4 members (excludes halogenated alkanes) is 11. The summed E-state index contributed by atoms with van der Waals surface area (Å²) < 4.78 is 26.0. The molecular weight excluding hydrogens is 557 g/mol. The van der Waals surface area contributed by atoms with E-state index in [1.807, 2.05) is 0 Å². The molecule has 1 amide bonds. The van der Waals surface area contributed by atoms with Crippen molar-refractivity contribution < 1.29 is 37.9 Å². The smallest absolute Gasteiger partial charge is 0.463 e. The molecule has 9 nitrogen and oxygen atoms in total. The van der Waals surface area contributed by atoms with Gasteiger partial charge >= 0.3 is 13.8 Å². The fourth-order valence-corrected chi connectivity index (χ4v) is 4.65. The van der Waals surface area contributed by atoms with E-state index in [1.165, 1.54) is 57.8 Å². The Morgan fingerprint density at radius 2 is 1.31 bits per heavy atom. The third kappa shape index (κ3) is 29.7. The van der Waals surface area contributed by atoms with Gasteiger partial charge in [0.2, 0.25) is 5.91 Å². The standard InChI is InChI=1S/C32H58NO8P/c1-3-5-6-7-8-9-10-11-12-13-14-15-16-17-18-19-20-21-22-23-24-25-31(35)33-26-27-40-42(37,38)41-29-30(34)28-39-32(36)4-2/h8-9,11-12,14-15,30,34H,3-7,10,13,16-29H2,1-2H3,(H,33,35)(H,37,38)/b9-8-,12-11-,15-14-. The van der Waals surface area contributed by atoms with Gasteiger partial charge in [-0.3, -0.25) is 18.6 Å². The van der Waals surface area contributed by atoms with Gasteiger partial charge in [0.15, 0.2) is 0 Å². The van der Waals surface area contributed by atoms with Crippen molar-refractivity contribution in [3.63, 3.8) is 0 Å². The van der Waals surface area contributed by atoms with Crippen molar-refractivity contribution in [2.24, 2.45) is 0 Å². The predicted molar refractivity (Wildman–Crippen MR) is 169 cm³/mol. The third-order valence-electron chi connectivity index (χ3n) is 6.38. The predicted octanol–water partition coefficient (Wildman–Crippen LogP) is 7.48. The molecule has 0 aromatic carbocycles. The molecule has 0 saturated heterocycles. The summed E-state index contributed by atoms with van der Waals surface area (Å²) in [6.45, 7) is 2.86. The zero-order valence-electron chi connectivity index (χ0n) is 26.2. The number of carbonyl (C=O) groups is 2. The van der Waals surface area contributed by atoms with E-state index in [-0.39, 0.29) is 32.1 Å². The van der Waals surface area contributed by atoms with E-state index in [2.05, 4.69) is 53.2 Å². The van der Waals surface area contributed by atoms with Gasteiger partial charge in [-0.15, -0.1) is 0 Å². The molecule has 0 heterocycles. The van der Waals surface area contributed by atoms with E-state index in [1.54, 1.807) is 6.92 Å². The van der Waals surface area contributed by atoms with Crippen molar-refractivity contribution >= 4 is 19.7 Å². The van der Waals surface area contributed by atoms with Crippen LogP contribution in [0.25, 0.3) is 0 Å². The molecule has 0 bridgehead atoms. The van der Waals surface area contributed by atoms with E-state index in [4.69, 9.17) is 9.26 Å². The van der Waals surface area contributed by atoms with Gasteiger partial charge in [0.25, 0.3) is 0 Å². The summed E-state index contributed by atoms with van der Waals surface area (Å²) in [6, 6.07) is 0. The number of ether oxygens (including phenoxy) is 1. The van der Waals surface area contributed by atoms with Crippen LogP contribution < -0.4 is 5.32 Å². The molecule has 0 aliphatic heterocycles. The molecule has 0 spiro atoms. The van der Waals surface area contributed by atoms with Crippen molar-refractivity contribution in [2.75, 3.05) is 26.4 Å². The number of carbonyl (C=O) groups excluding carboxylic acids is 2. The van der Waals surface area contributed by atoms with Gasteiger partial charge in [-0.25, -0.2) is 4.57 Å². The molecule has 0 saturated carbocycles. The maximum Gasteiger partial charge on any atom is 0.472 e. The topological polar surface area (TPSA) is 131 Å².